The molecule has 1 aliphatic rings. The van der Waals surface area contributed by atoms with Gasteiger partial charge >= 0.3 is 0 Å². The fraction of sp³-hybridized carbons (Fsp3) is 0.600. The molecule has 0 aliphatic carbocycles. The smallest absolute Gasteiger partial charge is 0.242 e. The minimum atomic E-state index is -0.123. The summed E-state index contributed by atoms with van der Waals surface area (Å²) in [7, 11) is 1.91. The van der Waals surface area contributed by atoms with Crippen LogP contribution in [0.1, 0.15) is 11.8 Å². The molecule has 1 atom stereocenters. The summed E-state index contributed by atoms with van der Waals surface area (Å²) in [5, 5.41) is 6.88. The van der Waals surface area contributed by atoms with E-state index in [9.17, 15) is 4.79 Å². The highest BCUT2D eigenvalue weighted by Gasteiger charge is 2.27. The van der Waals surface area contributed by atoms with Gasteiger partial charge in [-0.25, -0.2) is 4.98 Å². The average Bonchev–Trinajstić information content (AvgIpc) is 2.71. The molecule has 0 radical (unpaired) electrons. The molecule has 1 amide bonds. The van der Waals surface area contributed by atoms with Gasteiger partial charge in [0, 0.05) is 30.7 Å². The summed E-state index contributed by atoms with van der Waals surface area (Å²) >= 11 is 1.64. The molecule has 1 aromatic heterocycles. The fourth-order valence-corrected chi connectivity index (χ4v) is 2.76. The van der Waals surface area contributed by atoms with E-state index in [-0.39, 0.29) is 11.9 Å². The van der Waals surface area contributed by atoms with E-state index in [1.54, 1.807) is 11.3 Å². The first-order chi connectivity index (χ1) is 7.72. The number of rotatable bonds is 3. The largest absolute Gasteiger partial charge is 0.353 e. The van der Waals surface area contributed by atoms with E-state index < -0.39 is 0 Å². The van der Waals surface area contributed by atoms with Crippen LogP contribution >= 0.6 is 11.3 Å². The van der Waals surface area contributed by atoms with Crippen LogP contribution in [0.15, 0.2) is 6.20 Å². The second kappa shape index (κ2) is 4.80. The number of carbonyl (C=O) groups excluding carboxylic acids is 1. The van der Waals surface area contributed by atoms with Crippen molar-refractivity contribution >= 4 is 22.4 Å². The van der Waals surface area contributed by atoms with Crippen LogP contribution in [-0.2, 0) is 11.3 Å². The second-order valence-electron chi connectivity index (χ2n) is 3.80. The third kappa shape index (κ3) is 2.17. The molecule has 6 heteroatoms. The van der Waals surface area contributed by atoms with Crippen molar-refractivity contribution in [3.05, 3.63) is 11.1 Å². The standard InChI is InChI=1S/C10H16N4OS/c1-7-9(15)12-3-4-14(7)10-13-6-8(16-10)5-11-2/h6-7,11H,3-5H2,1-2H3,(H,12,15). The maximum absolute atomic E-state index is 11.5. The predicted molar refractivity (Wildman–Crippen MR) is 64.7 cm³/mol. The molecule has 1 fully saturated rings. The molecule has 2 N–H and O–H groups in total. The van der Waals surface area contributed by atoms with Crippen molar-refractivity contribution in [2.45, 2.75) is 19.5 Å². The van der Waals surface area contributed by atoms with Crippen molar-refractivity contribution in [3.63, 3.8) is 0 Å². The molecule has 1 aliphatic heterocycles. The van der Waals surface area contributed by atoms with E-state index in [2.05, 4.69) is 20.5 Å². The Morgan fingerprint density at radius 3 is 3.31 bits per heavy atom. The molecule has 0 aromatic carbocycles. The second-order valence-corrected chi connectivity index (χ2v) is 4.89. The molecule has 1 saturated heterocycles. The molecule has 0 spiro atoms. The molecule has 2 rings (SSSR count). The maximum Gasteiger partial charge on any atom is 0.242 e. The van der Waals surface area contributed by atoms with Gasteiger partial charge in [-0.15, -0.1) is 11.3 Å². The third-order valence-corrected chi connectivity index (χ3v) is 3.67. The number of hydrogen-bond acceptors (Lipinski definition) is 5. The van der Waals surface area contributed by atoms with Crippen molar-refractivity contribution in [2.24, 2.45) is 0 Å². The summed E-state index contributed by atoms with van der Waals surface area (Å²) in [6.07, 6.45) is 1.87. The van der Waals surface area contributed by atoms with E-state index >= 15 is 0 Å². The van der Waals surface area contributed by atoms with Gasteiger partial charge in [0.15, 0.2) is 5.13 Å². The summed E-state index contributed by atoms with van der Waals surface area (Å²) in [5.74, 6) is 0.0802. The minimum Gasteiger partial charge on any atom is -0.353 e. The number of amides is 1. The molecule has 16 heavy (non-hydrogen) atoms. The van der Waals surface area contributed by atoms with Crippen molar-refractivity contribution in [3.8, 4) is 0 Å². The Balaban J connectivity index is 2.12. The SMILES string of the molecule is CNCc1cnc(N2CCNC(=O)C2C)s1. The Kier molecular flexibility index (Phi) is 3.40. The maximum atomic E-state index is 11.5. The Hall–Kier alpha value is -1.14. The first kappa shape index (κ1) is 11.3. The fourth-order valence-electron chi connectivity index (χ4n) is 1.73. The lowest BCUT2D eigenvalue weighted by Crippen LogP contribution is -2.54. The molecular formula is C10H16N4OS. The van der Waals surface area contributed by atoms with Gasteiger partial charge in [0.2, 0.25) is 5.91 Å². The molecule has 1 aromatic rings. The number of carbonyl (C=O) groups is 1. The molecule has 0 saturated carbocycles. The summed E-state index contributed by atoms with van der Waals surface area (Å²) < 4.78 is 0. The van der Waals surface area contributed by atoms with Crippen LogP contribution in [0.5, 0.6) is 0 Å². The number of aromatic nitrogens is 1. The number of nitrogens with zero attached hydrogens (tertiary/aromatic N) is 2. The zero-order valence-corrected chi connectivity index (χ0v) is 10.3. The van der Waals surface area contributed by atoms with E-state index in [1.807, 2.05) is 20.2 Å². The summed E-state index contributed by atoms with van der Waals surface area (Å²) in [5.41, 5.74) is 0. The third-order valence-electron chi connectivity index (χ3n) is 2.64. The first-order valence-corrected chi connectivity index (χ1v) is 6.17. The van der Waals surface area contributed by atoms with Crippen LogP contribution in [0.4, 0.5) is 5.13 Å². The summed E-state index contributed by atoms with van der Waals surface area (Å²) in [4.78, 5) is 19.1. The average molecular weight is 240 g/mol. The quantitative estimate of drug-likeness (QED) is 0.792. The number of nitrogens with one attached hydrogen (secondary N) is 2. The van der Waals surface area contributed by atoms with Crippen LogP contribution in [0.2, 0.25) is 0 Å². The van der Waals surface area contributed by atoms with Gasteiger partial charge in [0.05, 0.1) is 0 Å². The minimum absolute atomic E-state index is 0.0802. The zero-order chi connectivity index (χ0) is 11.5. The molecule has 2 heterocycles. The Labute approximate surface area is 98.9 Å². The number of thiazole rings is 1. The zero-order valence-electron chi connectivity index (χ0n) is 9.49. The Morgan fingerprint density at radius 2 is 2.56 bits per heavy atom. The lowest BCUT2D eigenvalue weighted by atomic mass is 10.2. The highest BCUT2D eigenvalue weighted by atomic mass is 32.1. The van der Waals surface area contributed by atoms with Gasteiger partial charge in [-0.1, -0.05) is 0 Å². The van der Waals surface area contributed by atoms with Crippen LogP contribution in [-0.4, -0.2) is 37.1 Å². The molecule has 88 valence electrons. The van der Waals surface area contributed by atoms with Gasteiger partial charge in [-0.2, -0.15) is 0 Å². The van der Waals surface area contributed by atoms with Gasteiger partial charge in [0.25, 0.3) is 0 Å². The number of piperazine rings is 1. The van der Waals surface area contributed by atoms with Gasteiger partial charge < -0.3 is 15.5 Å². The van der Waals surface area contributed by atoms with E-state index in [4.69, 9.17) is 0 Å². The Bertz CT molecular complexity index is 379. The predicted octanol–water partition coefficient (Wildman–Crippen LogP) is 0.187. The van der Waals surface area contributed by atoms with Crippen molar-refractivity contribution in [1.29, 1.82) is 0 Å². The van der Waals surface area contributed by atoms with Crippen molar-refractivity contribution in [1.82, 2.24) is 15.6 Å². The van der Waals surface area contributed by atoms with E-state index in [0.29, 0.717) is 6.54 Å². The topological polar surface area (TPSA) is 57.3 Å². The summed E-state index contributed by atoms with van der Waals surface area (Å²) in [6, 6.07) is -0.123. The van der Waals surface area contributed by atoms with E-state index in [0.717, 1.165) is 18.2 Å². The van der Waals surface area contributed by atoms with Gasteiger partial charge in [0.1, 0.15) is 6.04 Å². The molecule has 1 unspecified atom stereocenters. The van der Waals surface area contributed by atoms with Crippen molar-refractivity contribution in [2.75, 3.05) is 25.0 Å². The van der Waals surface area contributed by atoms with Gasteiger partial charge in [-0.3, -0.25) is 4.79 Å². The lowest BCUT2D eigenvalue weighted by Gasteiger charge is -2.32. The van der Waals surface area contributed by atoms with Gasteiger partial charge in [-0.05, 0) is 14.0 Å². The highest BCUT2D eigenvalue weighted by molar-refractivity contribution is 7.15. The Morgan fingerprint density at radius 1 is 1.75 bits per heavy atom. The normalized spacial score (nSPS) is 21.0. The number of hydrogen-bond donors (Lipinski definition) is 2. The molecular weight excluding hydrogens is 224 g/mol. The van der Waals surface area contributed by atoms with Crippen molar-refractivity contribution < 1.29 is 4.79 Å². The van der Waals surface area contributed by atoms with Crippen LogP contribution in [0.25, 0.3) is 0 Å². The van der Waals surface area contributed by atoms with E-state index in [1.165, 1.54) is 4.88 Å². The summed E-state index contributed by atoms with van der Waals surface area (Å²) in [6.45, 7) is 4.27. The van der Waals surface area contributed by atoms with Crippen LogP contribution < -0.4 is 15.5 Å². The number of anilines is 1. The van der Waals surface area contributed by atoms with Crippen LogP contribution in [0.3, 0.4) is 0 Å². The molecule has 0 bridgehead atoms. The lowest BCUT2D eigenvalue weighted by molar-refractivity contribution is -0.122. The molecule has 5 nitrogen and oxygen atoms in total. The monoisotopic (exact) mass is 240 g/mol. The van der Waals surface area contributed by atoms with Crippen LogP contribution in [0, 0.1) is 0 Å². The first-order valence-electron chi connectivity index (χ1n) is 5.36. The highest BCUT2D eigenvalue weighted by Crippen LogP contribution is 2.24.